The Bertz CT molecular complexity index is 273. The fraction of sp³-hybridized carbons (Fsp3) is 0.286. The third-order valence-corrected chi connectivity index (χ3v) is 1.24. The summed E-state index contributed by atoms with van der Waals surface area (Å²) in [5, 5.41) is 7.01. The van der Waals surface area contributed by atoms with E-state index in [0.717, 1.165) is 0 Å². The van der Waals surface area contributed by atoms with Gasteiger partial charge in [-0.3, -0.25) is 0 Å². The molecule has 0 atom stereocenters. The fourth-order valence-corrected chi connectivity index (χ4v) is 0.650. The van der Waals surface area contributed by atoms with E-state index in [2.05, 4.69) is 21.1 Å². The number of carbonyl (C=O) groups excluding carboxylic acids is 1. The van der Waals surface area contributed by atoms with Crippen LogP contribution in [-0.2, 0) is 4.74 Å². The average molecular weight is 151 g/mol. The number of carbonyl (C=O) groups is 1. The molecule has 0 fully saturated rings. The first-order valence-corrected chi connectivity index (χ1v) is 3.04. The van der Waals surface area contributed by atoms with Gasteiger partial charge in [-0.05, 0) is 18.6 Å². The second-order valence-electron chi connectivity index (χ2n) is 2.00. The highest BCUT2D eigenvalue weighted by atomic mass is 16.5. The van der Waals surface area contributed by atoms with Gasteiger partial charge in [0.1, 0.15) is 6.20 Å². The van der Waals surface area contributed by atoms with E-state index in [0.29, 0.717) is 5.56 Å². The molecule has 0 saturated heterocycles. The van der Waals surface area contributed by atoms with E-state index in [4.69, 9.17) is 0 Å². The second-order valence-corrected chi connectivity index (χ2v) is 2.00. The van der Waals surface area contributed by atoms with Gasteiger partial charge in [-0.1, -0.05) is 0 Å². The number of methoxy groups -OCH3 is 1. The summed E-state index contributed by atoms with van der Waals surface area (Å²) in [7, 11) is 1.31. The molecule has 0 saturated carbocycles. The summed E-state index contributed by atoms with van der Waals surface area (Å²) in [6.45, 7) is 1.75. The summed E-state index contributed by atoms with van der Waals surface area (Å²) in [5.41, 5.74) is 0.957. The molecule has 0 aliphatic heterocycles. The molecule has 1 aromatic rings. The van der Waals surface area contributed by atoms with Crippen molar-refractivity contribution in [2.24, 2.45) is 0 Å². The highest BCUT2D eigenvalue weighted by Gasteiger charge is 2.09. The molecule has 57 valence electrons. The van der Waals surface area contributed by atoms with Gasteiger partial charge in [0.15, 0.2) is 5.69 Å². The Labute approximate surface area is 64.2 Å². The molecule has 0 amide bonds. The molecule has 0 unspecified atom stereocenters. The third-order valence-electron chi connectivity index (χ3n) is 1.24. The van der Waals surface area contributed by atoms with Crippen LogP contribution in [0.1, 0.15) is 16.1 Å². The van der Waals surface area contributed by atoms with E-state index in [-0.39, 0.29) is 5.69 Å². The number of esters is 1. The van der Waals surface area contributed by atoms with Crippen LogP contribution in [0.4, 0.5) is 0 Å². The maximum Gasteiger partial charge on any atom is 0.358 e. The highest BCUT2D eigenvalue weighted by molar-refractivity contribution is 5.88. The quantitative estimate of drug-likeness (QED) is 0.544. The maximum absolute atomic E-state index is 10.9. The Hall–Kier alpha value is -1.45. The van der Waals surface area contributed by atoms with Crippen LogP contribution in [-0.4, -0.2) is 23.3 Å². The summed E-state index contributed by atoms with van der Waals surface area (Å²) in [6, 6.07) is 1.58. The lowest BCUT2D eigenvalue weighted by Gasteiger charge is -1.98. The summed E-state index contributed by atoms with van der Waals surface area (Å²) in [6.07, 6.45) is 2.51. The van der Waals surface area contributed by atoms with Crippen LogP contribution < -0.4 is 0 Å². The van der Waals surface area contributed by atoms with E-state index in [1.165, 1.54) is 7.11 Å². The molecular formula is C7H7N2O2. The van der Waals surface area contributed by atoms with Gasteiger partial charge in [-0.15, -0.1) is 10.2 Å². The van der Waals surface area contributed by atoms with Crippen molar-refractivity contribution in [1.82, 2.24) is 10.2 Å². The van der Waals surface area contributed by atoms with Crippen LogP contribution >= 0.6 is 0 Å². The molecule has 4 heteroatoms. The molecule has 1 radical (unpaired) electrons. The minimum atomic E-state index is -0.469. The Balaban J connectivity index is 3.03. The highest BCUT2D eigenvalue weighted by Crippen LogP contribution is 2.01. The summed E-state index contributed by atoms with van der Waals surface area (Å²) < 4.78 is 4.46. The first-order chi connectivity index (χ1) is 5.25. The van der Waals surface area contributed by atoms with Crippen LogP contribution in [0.5, 0.6) is 0 Å². The zero-order valence-corrected chi connectivity index (χ0v) is 6.29. The van der Waals surface area contributed by atoms with Crippen molar-refractivity contribution in [2.75, 3.05) is 7.11 Å². The van der Waals surface area contributed by atoms with Crippen molar-refractivity contribution in [3.8, 4) is 0 Å². The molecule has 0 N–H and O–H groups in total. The summed E-state index contributed by atoms with van der Waals surface area (Å²) in [5.74, 6) is -0.469. The predicted octanol–water partition coefficient (Wildman–Crippen LogP) is 0.372. The van der Waals surface area contributed by atoms with Gasteiger partial charge in [0.2, 0.25) is 0 Å². The van der Waals surface area contributed by atoms with Crippen molar-refractivity contribution in [2.45, 2.75) is 6.92 Å². The van der Waals surface area contributed by atoms with Gasteiger partial charge in [0.25, 0.3) is 0 Å². The maximum atomic E-state index is 10.9. The SMILES string of the molecule is COC(=O)c1nn[c]cc1C. The second kappa shape index (κ2) is 3.09. The number of aromatic nitrogens is 2. The van der Waals surface area contributed by atoms with Crippen molar-refractivity contribution in [3.05, 3.63) is 23.5 Å². The van der Waals surface area contributed by atoms with E-state index in [1.807, 2.05) is 0 Å². The molecule has 0 spiro atoms. The summed E-state index contributed by atoms with van der Waals surface area (Å²) in [4.78, 5) is 10.9. The molecule has 4 nitrogen and oxygen atoms in total. The standard InChI is InChI=1S/C7H7N2O2/c1-5-3-4-8-9-6(5)7(10)11-2/h3H,1-2H3. The Morgan fingerprint density at radius 3 is 3.00 bits per heavy atom. The van der Waals surface area contributed by atoms with Crippen LogP contribution in [0, 0.1) is 13.1 Å². The van der Waals surface area contributed by atoms with Crippen LogP contribution in [0.2, 0.25) is 0 Å². The zero-order valence-electron chi connectivity index (χ0n) is 6.29. The topological polar surface area (TPSA) is 52.1 Å². The largest absolute Gasteiger partial charge is 0.464 e. The molecule has 0 aliphatic carbocycles. The molecule has 1 aromatic heterocycles. The van der Waals surface area contributed by atoms with Gasteiger partial charge < -0.3 is 4.74 Å². The fourth-order valence-electron chi connectivity index (χ4n) is 0.650. The molecule has 1 rings (SSSR count). The first kappa shape index (κ1) is 7.65. The smallest absolute Gasteiger partial charge is 0.358 e. The zero-order chi connectivity index (χ0) is 8.27. The van der Waals surface area contributed by atoms with Gasteiger partial charge >= 0.3 is 5.97 Å². The Morgan fingerprint density at radius 1 is 1.73 bits per heavy atom. The lowest BCUT2D eigenvalue weighted by atomic mass is 10.2. The van der Waals surface area contributed by atoms with Gasteiger partial charge in [0, 0.05) is 0 Å². The van der Waals surface area contributed by atoms with Crippen molar-refractivity contribution in [1.29, 1.82) is 0 Å². The van der Waals surface area contributed by atoms with Gasteiger partial charge in [-0.25, -0.2) is 4.79 Å². The van der Waals surface area contributed by atoms with E-state index in [1.54, 1.807) is 13.0 Å². The van der Waals surface area contributed by atoms with Gasteiger partial charge in [-0.2, -0.15) is 0 Å². The van der Waals surface area contributed by atoms with Crippen LogP contribution in [0.25, 0.3) is 0 Å². The number of hydrogen-bond donors (Lipinski definition) is 0. The van der Waals surface area contributed by atoms with E-state index < -0.39 is 5.97 Å². The predicted molar refractivity (Wildman–Crippen MR) is 36.9 cm³/mol. The van der Waals surface area contributed by atoms with Gasteiger partial charge in [0.05, 0.1) is 7.11 Å². The Morgan fingerprint density at radius 2 is 2.45 bits per heavy atom. The molecule has 0 bridgehead atoms. The minimum Gasteiger partial charge on any atom is -0.464 e. The lowest BCUT2D eigenvalue weighted by Crippen LogP contribution is -2.07. The molecular weight excluding hydrogens is 144 g/mol. The van der Waals surface area contributed by atoms with Crippen LogP contribution in [0.15, 0.2) is 6.07 Å². The number of hydrogen-bond acceptors (Lipinski definition) is 4. The monoisotopic (exact) mass is 151 g/mol. The van der Waals surface area contributed by atoms with E-state index in [9.17, 15) is 4.79 Å². The molecule has 0 aliphatic rings. The molecule has 11 heavy (non-hydrogen) atoms. The minimum absolute atomic E-state index is 0.242. The lowest BCUT2D eigenvalue weighted by molar-refractivity contribution is 0.0591. The van der Waals surface area contributed by atoms with Crippen molar-refractivity contribution >= 4 is 5.97 Å². The van der Waals surface area contributed by atoms with Crippen molar-refractivity contribution < 1.29 is 9.53 Å². The molecule has 0 aromatic carbocycles. The molecule has 1 heterocycles. The van der Waals surface area contributed by atoms with Crippen LogP contribution in [0.3, 0.4) is 0 Å². The van der Waals surface area contributed by atoms with Crippen molar-refractivity contribution in [3.63, 3.8) is 0 Å². The normalized spacial score (nSPS) is 9.27. The number of rotatable bonds is 1. The Kier molecular flexibility index (Phi) is 2.15. The summed E-state index contributed by atoms with van der Waals surface area (Å²) >= 11 is 0. The number of nitrogens with zero attached hydrogens (tertiary/aromatic N) is 2. The van der Waals surface area contributed by atoms with E-state index >= 15 is 0 Å². The first-order valence-electron chi connectivity index (χ1n) is 3.04. The number of ether oxygens (including phenoxy) is 1. The third kappa shape index (κ3) is 1.52. The average Bonchev–Trinajstić information content (AvgIpc) is 2.04. The number of aryl methyl sites for hydroxylation is 1.